The molecular weight excluding hydrogens is 294 g/mol. The highest BCUT2D eigenvalue weighted by Crippen LogP contribution is 2.23. The van der Waals surface area contributed by atoms with Gasteiger partial charge in [-0.3, -0.25) is 14.3 Å². The third-order valence-corrected chi connectivity index (χ3v) is 3.31. The van der Waals surface area contributed by atoms with E-state index in [4.69, 9.17) is 16.3 Å². The Hall–Kier alpha value is -2.34. The van der Waals surface area contributed by atoms with E-state index in [1.807, 2.05) is 0 Å². The molecule has 0 saturated heterocycles. The van der Waals surface area contributed by atoms with E-state index < -0.39 is 6.04 Å². The minimum atomic E-state index is -0.682. The van der Waals surface area contributed by atoms with Gasteiger partial charge in [-0.05, 0) is 12.1 Å². The Morgan fingerprint density at radius 2 is 2.29 bits per heavy atom. The Balaban J connectivity index is 1.66. The first kappa shape index (κ1) is 13.6. The SMILES string of the molecule is O=C(Cn1cc(Cl)cn1)NC1COc2ccccc2C1=O. The predicted octanol–water partition coefficient (Wildman–Crippen LogP) is 1.30. The normalized spacial score (nSPS) is 17.0. The number of benzene rings is 1. The number of aromatic nitrogens is 2. The van der Waals surface area contributed by atoms with Crippen molar-refractivity contribution < 1.29 is 14.3 Å². The van der Waals surface area contributed by atoms with Crippen LogP contribution in [-0.2, 0) is 11.3 Å². The lowest BCUT2D eigenvalue weighted by Gasteiger charge is -2.24. The van der Waals surface area contributed by atoms with E-state index in [2.05, 4.69) is 10.4 Å². The number of hydrogen-bond acceptors (Lipinski definition) is 4. The Morgan fingerprint density at radius 1 is 1.48 bits per heavy atom. The Labute approximate surface area is 125 Å². The minimum absolute atomic E-state index is 0.00184. The molecule has 0 radical (unpaired) electrons. The molecule has 1 unspecified atom stereocenters. The van der Waals surface area contributed by atoms with Gasteiger partial charge in [0.05, 0.1) is 16.8 Å². The Kier molecular flexibility index (Phi) is 3.62. The number of hydrogen-bond donors (Lipinski definition) is 1. The van der Waals surface area contributed by atoms with Crippen LogP contribution in [0.1, 0.15) is 10.4 Å². The summed E-state index contributed by atoms with van der Waals surface area (Å²) in [5.41, 5.74) is 0.483. The summed E-state index contributed by atoms with van der Waals surface area (Å²) < 4.78 is 6.89. The topological polar surface area (TPSA) is 73.2 Å². The first-order valence-electron chi connectivity index (χ1n) is 6.37. The summed E-state index contributed by atoms with van der Waals surface area (Å²) in [4.78, 5) is 24.2. The lowest BCUT2D eigenvalue weighted by atomic mass is 10.0. The van der Waals surface area contributed by atoms with Gasteiger partial charge in [-0.1, -0.05) is 23.7 Å². The maximum atomic E-state index is 12.3. The van der Waals surface area contributed by atoms with Gasteiger partial charge in [-0.15, -0.1) is 0 Å². The number of halogens is 1. The van der Waals surface area contributed by atoms with Crippen LogP contribution in [0.3, 0.4) is 0 Å². The van der Waals surface area contributed by atoms with E-state index in [1.165, 1.54) is 17.1 Å². The van der Waals surface area contributed by atoms with E-state index in [1.54, 1.807) is 24.3 Å². The molecule has 21 heavy (non-hydrogen) atoms. The Bertz CT molecular complexity index is 698. The lowest BCUT2D eigenvalue weighted by molar-refractivity contribution is -0.122. The minimum Gasteiger partial charge on any atom is -0.490 e. The van der Waals surface area contributed by atoms with Crippen molar-refractivity contribution in [1.82, 2.24) is 15.1 Å². The molecule has 6 nitrogen and oxygen atoms in total. The van der Waals surface area contributed by atoms with Crippen LogP contribution < -0.4 is 10.1 Å². The number of ether oxygens (including phenoxy) is 1. The van der Waals surface area contributed by atoms with Gasteiger partial charge in [0.2, 0.25) is 5.91 Å². The van der Waals surface area contributed by atoms with Crippen molar-refractivity contribution in [3.05, 3.63) is 47.2 Å². The third kappa shape index (κ3) is 2.90. The van der Waals surface area contributed by atoms with Crippen LogP contribution in [0.15, 0.2) is 36.7 Å². The molecule has 108 valence electrons. The monoisotopic (exact) mass is 305 g/mol. The predicted molar refractivity (Wildman–Crippen MR) is 75.4 cm³/mol. The third-order valence-electron chi connectivity index (χ3n) is 3.12. The molecule has 1 aromatic heterocycles. The quantitative estimate of drug-likeness (QED) is 0.927. The van der Waals surface area contributed by atoms with E-state index in [0.29, 0.717) is 16.3 Å². The van der Waals surface area contributed by atoms with E-state index in [0.717, 1.165) is 0 Å². The van der Waals surface area contributed by atoms with Crippen LogP contribution >= 0.6 is 11.6 Å². The van der Waals surface area contributed by atoms with Gasteiger partial charge in [-0.25, -0.2) is 0 Å². The number of fused-ring (bicyclic) bond motifs is 1. The average molecular weight is 306 g/mol. The highest BCUT2D eigenvalue weighted by molar-refractivity contribution is 6.30. The van der Waals surface area contributed by atoms with E-state index in [9.17, 15) is 9.59 Å². The zero-order valence-electron chi connectivity index (χ0n) is 11.0. The fourth-order valence-electron chi connectivity index (χ4n) is 2.15. The molecule has 0 saturated carbocycles. The molecule has 1 aromatic carbocycles. The van der Waals surface area contributed by atoms with Crippen molar-refractivity contribution in [2.45, 2.75) is 12.6 Å². The van der Waals surface area contributed by atoms with Crippen molar-refractivity contribution in [2.75, 3.05) is 6.61 Å². The molecule has 1 aliphatic rings. The number of carbonyl (C=O) groups excluding carboxylic acids is 2. The number of rotatable bonds is 3. The highest BCUT2D eigenvalue weighted by atomic mass is 35.5. The number of amides is 1. The number of nitrogens with zero attached hydrogens (tertiary/aromatic N) is 2. The van der Waals surface area contributed by atoms with Gasteiger partial charge >= 0.3 is 0 Å². The van der Waals surface area contributed by atoms with Crippen molar-refractivity contribution in [3.63, 3.8) is 0 Å². The fourth-order valence-corrected chi connectivity index (χ4v) is 2.31. The van der Waals surface area contributed by atoms with E-state index >= 15 is 0 Å². The second-order valence-electron chi connectivity index (χ2n) is 4.65. The van der Waals surface area contributed by atoms with Gasteiger partial charge in [-0.2, -0.15) is 5.10 Å². The van der Waals surface area contributed by atoms with Crippen molar-refractivity contribution in [2.24, 2.45) is 0 Å². The van der Waals surface area contributed by atoms with Gasteiger partial charge in [0, 0.05) is 6.20 Å². The van der Waals surface area contributed by atoms with Crippen LogP contribution in [0, 0.1) is 0 Å². The molecule has 1 amide bonds. The van der Waals surface area contributed by atoms with Gasteiger partial charge in [0.15, 0.2) is 5.78 Å². The molecule has 2 aromatic rings. The largest absolute Gasteiger partial charge is 0.490 e. The summed E-state index contributed by atoms with van der Waals surface area (Å²) in [6, 6.07) is 6.29. The fraction of sp³-hybridized carbons (Fsp3) is 0.214. The van der Waals surface area contributed by atoms with Crippen molar-refractivity contribution in [3.8, 4) is 5.75 Å². The molecule has 3 rings (SSSR count). The van der Waals surface area contributed by atoms with E-state index in [-0.39, 0.29) is 24.8 Å². The van der Waals surface area contributed by atoms with Crippen molar-refractivity contribution in [1.29, 1.82) is 0 Å². The second kappa shape index (κ2) is 5.57. The standard InChI is InChI=1S/C14H12ClN3O3/c15-9-5-16-18(6-9)7-13(19)17-11-8-21-12-4-2-1-3-10(12)14(11)20/h1-6,11H,7-8H2,(H,17,19). The molecule has 0 fully saturated rings. The number of Topliss-reactive ketones (excluding diaryl/α,β-unsaturated/α-hetero) is 1. The summed E-state index contributed by atoms with van der Waals surface area (Å²) in [5.74, 6) is 0.0756. The van der Waals surface area contributed by atoms with Crippen LogP contribution in [-0.4, -0.2) is 34.1 Å². The van der Waals surface area contributed by atoms with Gasteiger partial charge < -0.3 is 10.1 Å². The number of carbonyl (C=O) groups is 2. The summed E-state index contributed by atoms with van der Waals surface area (Å²) >= 11 is 5.73. The smallest absolute Gasteiger partial charge is 0.242 e. The van der Waals surface area contributed by atoms with Crippen LogP contribution in [0.5, 0.6) is 5.75 Å². The summed E-state index contributed by atoms with van der Waals surface area (Å²) in [6.07, 6.45) is 2.98. The molecule has 1 N–H and O–H groups in total. The molecule has 0 aliphatic carbocycles. The summed E-state index contributed by atoms with van der Waals surface area (Å²) in [7, 11) is 0. The second-order valence-corrected chi connectivity index (χ2v) is 5.08. The maximum absolute atomic E-state index is 12.3. The first-order chi connectivity index (χ1) is 10.1. The lowest BCUT2D eigenvalue weighted by Crippen LogP contribution is -2.48. The Morgan fingerprint density at radius 3 is 3.05 bits per heavy atom. The van der Waals surface area contributed by atoms with Crippen molar-refractivity contribution >= 4 is 23.3 Å². The zero-order chi connectivity index (χ0) is 14.8. The molecule has 1 aliphatic heterocycles. The number of ketones is 1. The van der Waals surface area contributed by atoms with Gasteiger partial charge in [0.25, 0.3) is 0 Å². The molecule has 0 spiro atoms. The molecule has 1 atom stereocenters. The van der Waals surface area contributed by atoms with Crippen LogP contribution in [0.4, 0.5) is 0 Å². The maximum Gasteiger partial charge on any atom is 0.242 e. The zero-order valence-corrected chi connectivity index (χ0v) is 11.7. The average Bonchev–Trinajstić information content (AvgIpc) is 2.87. The molecular formula is C14H12ClN3O3. The molecule has 7 heteroatoms. The molecule has 0 bridgehead atoms. The van der Waals surface area contributed by atoms with Gasteiger partial charge in [0.1, 0.15) is 24.9 Å². The highest BCUT2D eigenvalue weighted by Gasteiger charge is 2.29. The van der Waals surface area contributed by atoms with Crippen LogP contribution in [0.2, 0.25) is 5.02 Å². The van der Waals surface area contributed by atoms with Crippen LogP contribution in [0.25, 0.3) is 0 Å². The summed E-state index contributed by atoms with van der Waals surface area (Å²) in [5, 5.41) is 7.01. The first-order valence-corrected chi connectivity index (χ1v) is 6.74. The number of nitrogens with one attached hydrogen (secondary N) is 1. The number of para-hydroxylation sites is 1. The summed E-state index contributed by atoms with van der Waals surface area (Å²) in [6.45, 7) is 0.125. The molecule has 2 heterocycles.